The molecule has 152 valence electrons. The van der Waals surface area contributed by atoms with Crippen molar-refractivity contribution in [3.05, 3.63) is 11.7 Å². The van der Waals surface area contributed by atoms with Crippen molar-refractivity contribution >= 4 is 17.8 Å². The number of amides is 4. The van der Waals surface area contributed by atoms with Crippen molar-refractivity contribution < 1.29 is 18.9 Å². The fourth-order valence-corrected chi connectivity index (χ4v) is 4.79. The van der Waals surface area contributed by atoms with E-state index in [1.54, 1.807) is 6.92 Å². The second-order valence-electron chi connectivity index (χ2n) is 8.25. The van der Waals surface area contributed by atoms with Crippen LogP contribution in [-0.4, -0.2) is 45.0 Å². The maximum absolute atomic E-state index is 12.8. The molecule has 2 N–H and O–H groups in total. The molecular formula is C19H27N5O4. The minimum atomic E-state index is -0.749. The fourth-order valence-electron chi connectivity index (χ4n) is 4.79. The number of hydrogen-bond donors (Lipinski definition) is 2. The topological polar surface area (TPSA) is 117 Å². The number of hydrogen-bond acceptors (Lipinski definition) is 6. The third-order valence-corrected chi connectivity index (χ3v) is 6.31. The molecule has 0 radical (unpaired) electrons. The summed E-state index contributed by atoms with van der Waals surface area (Å²) >= 11 is 0. The zero-order valence-corrected chi connectivity index (χ0v) is 16.3. The minimum absolute atomic E-state index is 0.0633. The number of imide groups is 1. The first-order chi connectivity index (χ1) is 13.4. The predicted molar refractivity (Wildman–Crippen MR) is 98.0 cm³/mol. The van der Waals surface area contributed by atoms with Crippen LogP contribution >= 0.6 is 0 Å². The summed E-state index contributed by atoms with van der Waals surface area (Å²) in [6.45, 7) is 1.80. The number of aromatic nitrogens is 2. The van der Waals surface area contributed by atoms with Gasteiger partial charge in [-0.25, -0.2) is 4.79 Å². The van der Waals surface area contributed by atoms with E-state index in [0.29, 0.717) is 24.6 Å². The number of aryl methyl sites for hydroxylation is 1. The third-order valence-electron chi connectivity index (χ3n) is 6.31. The van der Waals surface area contributed by atoms with Crippen LogP contribution in [-0.2, 0) is 15.1 Å². The lowest BCUT2D eigenvalue weighted by Crippen LogP contribution is -2.48. The van der Waals surface area contributed by atoms with Crippen molar-refractivity contribution in [1.29, 1.82) is 0 Å². The van der Waals surface area contributed by atoms with Crippen molar-refractivity contribution in [2.24, 2.45) is 0 Å². The Kier molecular flexibility index (Phi) is 4.84. The predicted octanol–water partition coefficient (Wildman–Crippen LogP) is 1.91. The molecule has 2 saturated carbocycles. The highest BCUT2D eigenvalue weighted by Gasteiger charge is 2.51. The molecule has 0 atom stereocenters. The summed E-state index contributed by atoms with van der Waals surface area (Å²) in [5.74, 6) is 0.573. The molecule has 4 rings (SSSR count). The van der Waals surface area contributed by atoms with Gasteiger partial charge in [0.2, 0.25) is 11.8 Å². The Balaban J connectivity index is 1.39. The second kappa shape index (κ2) is 7.18. The number of carbonyl (C=O) groups excluding carboxylic acids is 3. The highest BCUT2D eigenvalue weighted by atomic mass is 16.5. The largest absolute Gasteiger partial charge is 0.343 e. The molecule has 2 heterocycles. The summed E-state index contributed by atoms with van der Waals surface area (Å²) in [7, 11) is 0. The Labute approximate surface area is 163 Å². The van der Waals surface area contributed by atoms with Gasteiger partial charge in [-0.1, -0.05) is 37.3 Å². The van der Waals surface area contributed by atoms with E-state index in [1.807, 2.05) is 0 Å². The molecule has 0 bridgehead atoms. The lowest BCUT2D eigenvalue weighted by molar-refractivity contribution is -0.132. The number of rotatable bonds is 5. The van der Waals surface area contributed by atoms with Crippen molar-refractivity contribution in [3.8, 4) is 0 Å². The van der Waals surface area contributed by atoms with Crippen LogP contribution in [0, 0.1) is 6.92 Å². The van der Waals surface area contributed by atoms with E-state index in [-0.39, 0.29) is 30.8 Å². The highest BCUT2D eigenvalue weighted by Crippen LogP contribution is 2.37. The zero-order valence-electron chi connectivity index (χ0n) is 16.3. The number of nitrogens with zero attached hydrogens (tertiary/aromatic N) is 3. The van der Waals surface area contributed by atoms with E-state index in [9.17, 15) is 14.4 Å². The second-order valence-corrected chi connectivity index (χ2v) is 8.25. The van der Waals surface area contributed by atoms with E-state index < -0.39 is 11.1 Å². The van der Waals surface area contributed by atoms with E-state index in [1.165, 1.54) is 4.90 Å². The molecule has 1 saturated heterocycles. The van der Waals surface area contributed by atoms with E-state index in [2.05, 4.69) is 20.8 Å². The molecule has 4 amide bonds. The first kappa shape index (κ1) is 18.9. The lowest BCUT2D eigenvalue weighted by Gasteiger charge is -2.30. The van der Waals surface area contributed by atoms with Crippen molar-refractivity contribution in [2.45, 2.75) is 82.2 Å². The van der Waals surface area contributed by atoms with Gasteiger partial charge in [-0.15, -0.1) is 0 Å². The summed E-state index contributed by atoms with van der Waals surface area (Å²) < 4.78 is 5.10. The molecule has 3 aliphatic rings. The summed E-state index contributed by atoms with van der Waals surface area (Å²) in [6.07, 6.45) is 7.85. The van der Waals surface area contributed by atoms with Crippen molar-refractivity contribution in [2.75, 3.05) is 6.54 Å². The summed E-state index contributed by atoms with van der Waals surface area (Å²) in [6, 6.07) is -0.385. The number of carbonyl (C=O) groups is 3. The molecule has 1 aromatic heterocycles. The summed E-state index contributed by atoms with van der Waals surface area (Å²) in [4.78, 5) is 43.3. The molecule has 3 fully saturated rings. The van der Waals surface area contributed by atoms with Crippen LogP contribution in [0.25, 0.3) is 0 Å². The van der Waals surface area contributed by atoms with Gasteiger partial charge < -0.3 is 15.2 Å². The molecule has 0 unspecified atom stereocenters. The Morgan fingerprint density at radius 2 is 1.82 bits per heavy atom. The molecule has 2 aliphatic carbocycles. The molecule has 0 aromatic carbocycles. The number of urea groups is 1. The summed E-state index contributed by atoms with van der Waals surface area (Å²) in [5.41, 5.74) is -1.36. The smallest absolute Gasteiger partial charge is 0.325 e. The van der Waals surface area contributed by atoms with Crippen molar-refractivity contribution in [1.82, 2.24) is 25.7 Å². The Morgan fingerprint density at radius 1 is 1.14 bits per heavy atom. The van der Waals surface area contributed by atoms with Crippen molar-refractivity contribution in [3.63, 3.8) is 0 Å². The average molecular weight is 389 g/mol. The molecular weight excluding hydrogens is 362 g/mol. The van der Waals surface area contributed by atoms with Gasteiger partial charge in [-0.2, -0.15) is 4.98 Å². The van der Waals surface area contributed by atoms with Crippen LogP contribution < -0.4 is 10.6 Å². The monoisotopic (exact) mass is 389 g/mol. The van der Waals surface area contributed by atoms with Gasteiger partial charge in [0.15, 0.2) is 5.82 Å². The summed E-state index contributed by atoms with van der Waals surface area (Å²) in [5, 5.41) is 9.94. The molecule has 1 aromatic rings. The van der Waals surface area contributed by atoms with Crippen LogP contribution in [0.5, 0.6) is 0 Å². The Bertz CT molecular complexity index is 777. The third kappa shape index (κ3) is 3.27. The average Bonchev–Trinajstić information content (AvgIpc) is 3.36. The maximum Gasteiger partial charge on any atom is 0.325 e. The Hall–Kier alpha value is -2.45. The standard InChI is InChI=1S/C19H27N5O4/c1-13-20-15(23-28-13)18(8-5-6-9-18)21-14(25)7-12-24-16(26)19(22-17(24)27)10-3-2-4-11-19/h2-12H2,1H3,(H,21,25)(H,22,27). The van der Waals surface area contributed by atoms with Gasteiger partial charge in [-0.3, -0.25) is 14.5 Å². The first-order valence-corrected chi connectivity index (χ1v) is 10.2. The van der Waals surface area contributed by atoms with Crippen LogP contribution in [0.15, 0.2) is 4.52 Å². The van der Waals surface area contributed by atoms with E-state index in [4.69, 9.17) is 4.52 Å². The van der Waals surface area contributed by atoms with Crippen LogP contribution in [0.3, 0.4) is 0 Å². The van der Waals surface area contributed by atoms with Gasteiger partial charge in [0.05, 0.1) is 0 Å². The normalized spacial score (nSPS) is 23.2. The number of nitrogens with one attached hydrogen (secondary N) is 2. The van der Waals surface area contributed by atoms with Gasteiger partial charge in [-0.05, 0) is 25.7 Å². The SMILES string of the molecule is Cc1nc(C2(NC(=O)CCN3C(=O)NC4(CCCCC4)C3=O)CCCC2)no1. The molecule has 28 heavy (non-hydrogen) atoms. The highest BCUT2D eigenvalue weighted by molar-refractivity contribution is 6.07. The molecule has 1 spiro atoms. The van der Waals surface area contributed by atoms with Crippen LogP contribution in [0.4, 0.5) is 4.79 Å². The quantitative estimate of drug-likeness (QED) is 0.743. The molecule has 1 aliphatic heterocycles. The van der Waals surface area contributed by atoms with Gasteiger partial charge in [0, 0.05) is 19.9 Å². The van der Waals surface area contributed by atoms with Gasteiger partial charge >= 0.3 is 6.03 Å². The molecule has 9 nitrogen and oxygen atoms in total. The minimum Gasteiger partial charge on any atom is -0.343 e. The van der Waals surface area contributed by atoms with Crippen LogP contribution in [0.1, 0.15) is 75.9 Å². The van der Waals surface area contributed by atoms with E-state index in [0.717, 1.165) is 44.9 Å². The Morgan fingerprint density at radius 3 is 2.46 bits per heavy atom. The fraction of sp³-hybridized carbons (Fsp3) is 0.737. The zero-order chi connectivity index (χ0) is 19.8. The van der Waals surface area contributed by atoms with Gasteiger partial charge in [0.25, 0.3) is 5.91 Å². The van der Waals surface area contributed by atoms with Crippen LogP contribution in [0.2, 0.25) is 0 Å². The van der Waals surface area contributed by atoms with Gasteiger partial charge in [0.1, 0.15) is 11.1 Å². The van der Waals surface area contributed by atoms with E-state index >= 15 is 0 Å². The lowest BCUT2D eigenvalue weighted by atomic mass is 9.82. The first-order valence-electron chi connectivity index (χ1n) is 10.2. The molecule has 9 heteroatoms. The maximum atomic E-state index is 12.8.